The quantitative estimate of drug-likeness (QED) is 0.659. The van der Waals surface area contributed by atoms with Crippen molar-refractivity contribution in [3.8, 4) is 17.1 Å². The number of carbonyl (C=O) groups is 1. The van der Waals surface area contributed by atoms with Crippen LogP contribution in [0, 0.1) is 5.41 Å². The Kier molecular flexibility index (Phi) is 3.78. The van der Waals surface area contributed by atoms with Gasteiger partial charge in [-0.2, -0.15) is 5.10 Å². The number of H-pyrrole nitrogens is 1. The number of nitrogens with one attached hydrogen (secondary N) is 1. The molecule has 1 N–H and O–H groups in total. The van der Waals surface area contributed by atoms with E-state index >= 15 is 0 Å². The fourth-order valence-corrected chi connectivity index (χ4v) is 3.75. The second-order valence-electron chi connectivity index (χ2n) is 7.21. The summed E-state index contributed by atoms with van der Waals surface area (Å²) < 4.78 is 1.80. The maximum atomic E-state index is 12.9. The van der Waals surface area contributed by atoms with E-state index in [1.54, 1.807) is 16.8 Å². The standard InChI is InChI=1S/C19H17Cl2N3O/c1-19(2)9-14-17(15(25)10-19)18(11-5-6-12(20)13(21)8-11)24(23-14)16-4-3-7-22-16/h3-8,22H,9-10H2,1-2H3. The number of fused-ring (bicyclic) bond motifs is 1. The van der Waals surface area contributed by atoms with Gasteiger partial charge in [0.25, 0.3) is 0 Å². The molecule has 1 aliphatic rings. The third-order valence-corrected chi connectivity index (χ3v) is 5.26. The van der Waals surface area contributed by atoms with Gasteiger partial charge >= 0.3 is 0 Å². The number of hydrogen-bond acceptors (Lipinski definition) is 2. The molecule has 3 aromatic rings. The molecule has 0 radical (unpaired) electrons. The van der Waals surface area contributed by atoms with Crippen LogP contribution in [0.2, 0.25) is 10.0 Å². The monoisotopic (exact) mass is 373 g/mol. The highest BCUT2D eigenvalue weighted by Crippen LogP contribution is 2.40. The fourth-order valence-electron chi connectivity index (χ4n) is 3.46. The van der Waals surface area contributed by atoms with Crippen molar-refractivity contribution in [1.82, 2.24) is 14.8 Å². The Labute approximate surface area is 155 Å². The molecule has 0 saturated heterocycles. The van der Waals surface area contributed by atoms with Gasteiger partial charge in [-0.1, -0.05) is 43.1 Å². The highest BCUT2D eigenvalue weighted by Gasteiger charge is 2.36. The summed E-state index contributed by atoms with van der Waals surface area (Å²) in [6.45, 7) is 4.20. The lowest BCUT2D eigenvalue weighted by Gasteiger charge is -2.27. The summed E-state index contributed by atoms with van der Waals surface area (Å²) in [6.07, 6.45) is 3.10. The molecule has 0 fully saturated rings. The number of aromatic nitrogens is 3. The lowest BCUT2D eigenvalue weighted by atomic mass is 9.75. The molecule has 6 heteroatoms. The van der Waals surface area contributed by atoms with E-state index in [2.05, 4.69) is 18.8 Å². The molecule has 128 valence electrons. The predicted molar refractivity (Wildman–Crippen MR) is 99.8 cm³/mol. The first-order valence-corrected chi connectivity index (χ1v) is 8.86. The van der Waals surface area contributed by atoms with Crippen LogP contribution in [-0.2, 0) is 6.42 Å². The second kappa shape index (κ2) is 5.75. The van der Waals surface area contributed by atoms with Gasteiger partial charge in [-0.05, 0) is 36.1 Å². The molecule has 0 bridgehead atoms. The Morgan fingerprint density at radius 2 is 1.96 bits per heavy atom. The van der Waals surface area contributed by atoms with Crippen molar-refractivity contribution in [1.29, 1.82) is 0 Å². The van der Waals surface area contributed by atoms with Gasteiger partial charge in [0.05, 0.1) is 27.0 Å². The molecule has 0 unspecified atom stereocenters. The summed E-state index contributed by atoms with van der Waals surface area (Å²) in [7, 11) is 0. The average molecular weight is 374 g/mol. The SMILES string of the molecule is CC1(C)CC(=O)c2c(nn(-c3ccc[nH]3)c2-c2ccc(Cl)c(Cl)c2)C1. The van der Waals surface area contributed by atoms with Crippen molar-refractivity contribution >= 4 is 29.0 Å². The Balaban J connectivity index is 2.00. The second-order valence-corrected chi connectivity index (χ2v) is 8.02. The molecule has 0 atom stereocenters. The summed E-state index contributed by atoms with van der Waals surface area (Å²) in [5.74, 6) is 0.922. The van der Waals surface area contributed by atoms with Gasteiger partial charge in [-0.3, -0.25) is 4.79 Å². The Morgan fingerprint density at radius 3 is 2.64 bits per heavy atom. The van der Waals surface area contributed by atoms with Gasteiger partial charge in [-0.15, -0.1) is 0 Å². The first kappa shape index (κ1) is 16.4. The van der Waals surface area contributed by atoms with Crippen molar-refractivity contribution in [2.75, 3.05) is 0 Å². The number of aromatic amines is 1. The number of carbonyl (C=O) groups excluding carboxylic acids is 1. The van der Waals surface area contributed by atoms with Gasteiger partial charge in [0.15, 0.2) is 5.78 Å². The molecule has 25 heavy (non-hydrogen) atoms. The van der Waals surface area contributed by atoms with Crippen molar-refractivity contribution in [3.05, 3.63) is 57.8 Å². The zero-order valence-corrected chi connectivity index (χ0v) is 15.4. The van der Waals surface area contributed by atoms with Crippen LogP contribution in [0.3, 0.4) is 0 Å². The van der Waals surface area contributed by atoms with Gasteiger partial charge in [0.1, 0.15) is 5.82 Å². The van der Waals surface area contributed by atoms with Crippen molar-refractivity contribution in [2.45, 2.75) is 26.7 Å². The van der Waals surface area contributed by atoms with Crippen molar-refractivity contribution in [2.24, 2.45) is 5.41 Å². The van der Waals surface area contributed by atoms with E-state index in [0.717, 1.165) is 29.2 Å². The number of ketones is 1. The number of nitrogens with zero attached hydrogens (tertiary/aromatic N) is 2. The highest BCUT2D eigenvalue weighted by atomic mass is 35.5. The minimum Gasteiger partial charge on any atom is -0.347 e. The van der Waals surface area contributed by atoms with E-state index in [-0.39, 0.29) is 11.2 Å². The van der Waals surface area contributed by atoms with E-state index < -0.39 is 0 Å². The largest absolute Gasteiger partial charge is 0.347 e. The maximum Gasteiger partial charge on any atom is 0.167 e. The molecule has 1 aliphatic carbocycles. The third-order valence-electron chi connectivity index (χ3n) is 4.52. The molecule has 2 aromatic heterocycles. The zero-order valence-electron chi connectivity index (χ0n) is 13.9. The number of Topliss-reactive ketones (excluding diaryl/α,β-unsaturated/α-hetero) is 1. The minimum atomic E-state index is -0.0894. The van der Waals surface area contributed by atoms with Crippen LogP contribution < -0.4 is 0 Å². The molecular formula is C19H17Cl2N3O. The normalized spacial score (nSPS) is 16.1. The summed E-state index contributed by atoms with van der Waals surface area (Å²) >= 11 is 12.3. The van der Waals surface area contributed by atoms with Gasteiger partial charge < -0.3 is 4.98 Å². The molecule has 1 aromatic carbocycles. The number of halogens is 2. The van der Waals surface area contributed by atoms with E-state index in [9.17, 15) is 4.79 Å². The zero-order chi connectivity index (χ0) is 17.8. The molecule has 4 nitrogen and oxygen atoms in total. The topological polar surface area (TPSA) is 50.7 Å². The van der Waals surface area contributed by atoms with Crippen LogP contribution in [0.25, 0.3) is 17.1 Å². The molecule has 2 heterocycles. The molecule has 0 aliphatic heterocycles. The molecular weight excluding hydrogens is 357 g/mol. The molecule has 0 spiro atoms. The van der Waals surface area contributed by atoms with Gasteiger partial charge in [0.2, 0.25) is 0 Å². The lowest BCUT2D eigenvalue weighted by molar-refractivity contribution is 0.0912. The van der Waals surface area contributed by atoms with Crippen LogP contribution in [0.5, 0.6) is 0 Å². The molecule has 0 saturated carbocycles. The van der Waals surface area contributed by atoms with Crippen molar-refractivity contribution < 1.29 is 4.79 Å². The summed E-state index contributed by atoms with van der Waals surface area (Å²) in [6, 6.07) is 9.23. The number of rotatable bonds is 2. The average Bonchev–Trinajstić information content (AvgIpc) is 3.15. The van der Waals surface area contributed by atoms with Crippen LogP contribution in [-0.4, -0.2) is 20.5 Å². The first-order chi connectivity index (χ1) is 11.9. The van der Waals surface area contributed by atoms with E-state index in [1.807, 2.05) is 24.4 Å². The molecule has 4 rings (SSSR count). The Bertz CT molecular complexity index is 971. The van der Waals surface area contributed by atoms with Gasteiger partial charge in [0, 0.05) is 18.2 Å². The predicted octanol–water partition coefficient (Wildman–Crippen LogP) is 5.33. The Hall–Kier alpha value is -2.04. The van der Waals surface area contributed by atoms with Crippen LogP contribution in [0.1, 0.15) is 36.3 Å². The molecule has 0 amide bonds. The lowest BCUT2D eigenvalue weighted by Crippen LogP contribution is -2.26. The number of benzene rings is 1. The highest BCUT2D eigenvalue weighted by molar-refractivity contribution is 6.42. The summed E-state index contributed by atoms with van der Waals surface area (Å²) in [4.78, 5) is 16.1. The van der Waals surface area contributed by atoms with E-state index in [1.165, 1.54) is 0 Å². The summed E-state index contributed by atoms with van der Waals surface area (Å²) in [5, 5.41) is 5.69. The first-order valence-electron chi connectivity index (χ1n) is 8.10. The maximum absolute atomic E-state index is 12.9. The summed E-state index contributed by atoms with van der Waals surface area (Å²) in [5.41, 5.74) is 3.01. The Morgan fingerprint density at radius 1 is 1.16 bits per heavy atom. The smallest absolute Gasteiger partial charge is 0.167 e. The third kappa shape index (κ3) is 2.79. The van der Waals surface area contributed by atoms with Crippen LogP contribution >= 0.6 is 23.2 Å². The van der Waals surface area contributed by atoms with E-state index in [4.69, 9.17) is 28.3 Å². The van der Waals surface area contributed by atoms with Gasteiger partial charge in [-0.25, -0.2) is 4.68 Å². The minimum absolute atomic E-state index is 0.0894. The number of hydrogen-bond donors (Lipinski definition) is 1. The van der Waals surface area contributed by atoms with Crippen LogP contribution in [0.15, 0.2) is 36.5 Å². The van der Waals surface area contributed by atoms with Crippen LogP contribution in [0.4, 0.5) is 0 Å². The fraction of sp³-hybridized carbons (Fsp3) is 0.263. The van der Waals surface area contributed by atoms with Crippen molar-refractivity contribution in [3.63, 3.8) is 0 Å². The van der Waals surface area contributed by atoms with E-state index in [0.29, 0.717) is 22.0 Å².